The van der Waals surface area contributed by atoms with Crippen molar-refractivity contribution in [3.63, 3.8) is 0 Å². The normalized spacial score (nSPS) is 18.7. The lowest BCUT2D eigenvalue weighted by molar-refractivity contribution is 0.265. The second-order valence-electron chi connectivity index (χ2n) is 2.63. The lowest BCUT2D eigenvalue weighted by atomic mass is 10.2. The van der Waals surface area contributed by atoms with Gasteiger partial charge in [-0.25, -0.2) is 0 Å². The molecule has 3 nitrogen and oxygen atoms in total. The Morgan fingerprint density at radius 2 is 2.14 bits per heavy atom. The highest BCUT2D eigenvalue weighted by Crippen LogP contribution is 2.26. The number of hydrogen-bond acceptors (Lipinski definition) is 4. The van der Waals surface area contributed by atoms with Crippen LogP contribution in [0.2, 0.25) is 0 Å². The van der Waals surface area contributed by atoms with Gasteiger partial charge in [0, 0.05) is 12.4 Å². The molecule has 0 unspecified atom stereocenters. The van der Waals surface area contributed by atoms with Crippen LogP contribution in [0.25, 0.3) is 6.08 Å². The van der Waals surface area contributed by atoms with Gasteiger partial charge in [-0.15, -0.1) is 0 Å². The van der Waals surface area contributed by atoms with E-state index in [1.165, 1.54) is 0 Å². The van der Waals surface area contributed by atoms with Gasteiger partial charge in [0.25, 0.3) is 5.24 Å². The molecule has 1 aromatic rings. The van der Waals surface area contributed by atoms with E-state index in [4.69, 9.17) is 12.2 Å². The first-order chi connectivity index (χ1) is 6.75. The largest absolute Gasteiger partial charge is 0.307 e. The highest BCUT2D eigenvalue weighted by atomic mass is 32.2. The van der Waals surface area contributed by atoms with Gasteiger partial charge in [-0.3, -0.25) is 9.78 Å². The second kappa shape index (κ2) is 3.89. The lowest BCUT2D eigenvalue weighted by Crippen LogP contribution is -2.15. The maximum absolute atomic E-state index is 11.0. The zero-order valence-electron chi connectivity index (χ0n) is 7.06. The summed E-state index contributed by atoms with van der Waals surface area (Å²) in [4.78, 5) is 16.2. The van der Waals surface area contributed by atoms with Gasteiger partial charge in [0.05, 0.1) is 4.91 Å². The van der Waals surface area contributed by atoms with E-state index < -0.39 is 0 Å². The molecule has 0 atom stereocenters. The number of thiocarbonyl (C=S) groups is 1. The number of carbonyl (C=O) groups is 1. The van der Waals surface area contributed by atoms with Crippen LogP contribution in [0.3, 0.4) is 0 Å². The summed E-state index contributed by atoms with van der Waals surface area (Å²) in [6, 6.07) is 3.72. The fraction of sp³-hybridized carbons (Fsp3) is 0. The molecule has 0 spiro atoms. The number of carbonyl (C=O) groups excluding carboxylic acids is 1. The van der Waals surface area contributed by atoms with Gasteiger partial charge in [0.2, 0.25) is 0 Å². The predicted molar refractivity (Wildman–Crippen MR) is 60.9 cm³/mol. The topological polar surface area (TPSA) is 42.0 Å². The summed E-state index contributed by atoms with van der Waals surface area (Å²) in [5.41, 5.74) is 0.987. The molecule has 14 heavy (non-hydrogen) atoms. The van der Waals surface area contributed by atoms with Crippen LogP contribution in [0.15, 0.2) is 29.4 Å². The number of pyridine rings is 1. The highest BCUT2D eigenvalue weighted by Gasteiger charge is 2.21. The van der Waals surface area contributed by atoms with Gasteiger partial charge in [0.1, 0.15) is 4.99 Å². The molecule has 1 aliphatic heterocycles. The third-order valence-electron chi connectivity index (χ3n) is 1.65. The molecule has 1 aromatic heterocycles. The molecule has 2 rings (SSSR count). The molecule has 1 fully saturated rings. The van der Waals surface area contributed by atoms with Crippen molar-refractivity contribution < 1.29 is 4.79 Å². The van der Waals surface area contributed by atoms with Gasteiger partial charge in [0.15, 0.2) is 0 Å². The van der Waals surface area contributed by atoms with Crippen molar-refractivity contribution in [2.75, 3.05) is 0 Å². The van der Waals surface area contributed by atoms with Crippen molar-refractivity contribution in [2.24, 2.45) is 0 Å². The van der Waals surface area contributed by atoms with Crippen LogP contribution in [-0.4, -0.2) is 15.2 Å². The van der Waals surface area contributed by atoms with E-state index >= 15 is 0 Å². The maximum Gasteiger partial charge on any atom is 0.289 e. The van der Waals surface area contributed by atoms with Gasteiger partial charge in [-0.1, -0.05) is 12.2 Å². The van der Waals surface area contributed by atoms with Crippen molar-refractivity contribution in [1.82, 2.24) is 10.3 Å². The van der Waals surface area contributed by atoms with E-state index in [9.17, 15) is 4.79 Å². The van der Waals surface area contributed by atoms with Crippen LogP contribution in [0, 0.1) is 0 Å². The number of rotatable bonds is 1. The first kappa shape index (κ1) is 9.36. The molecule has 5 heteroatoms. The minimum Gasteiger partial charge on any atom is -0.307 e. The Labute approximate surface area is 90.6 Å². The Morgan fingerprint density at radius 3 is 2.71 bits per heavy atom. The summed E-state index contributed by atoms with van der Waals surface area (Å²) in [5.74, 6) is 0. The van der Waals surface area contributed by atoms with Crippen LogP contribution >= 0.6 is 24.0 Å². The molecular weight excluding hydrogens is 216 g/mol. The molecule has 1 N–H and O–H groups in total. The number of nitrogens with zero attached hydrogens (tertiary/aromatic N) is 1. The van der Waals surface area contributed by atoms with E-state index in [-0.39, 0.29) is 5.24 Å². The second-order valence-corrected chi connectivity index (χ2v) is 4.06. The van der Waals surface area contributed by atoms with E-state index in [2.05, 4.69) is 10.3 Å². The summed E-state index contributed by atoms with van der Waals surface area (Å²) >= 11 is 6.10. The minimum absolute atomic E-state index is 0.115. The van der Waals surface area contributed by atoms with Crippen molar-refractivity contribution in [1.29, 1.82) is 0 Å². The number of hydrogen-bond donors (Lipinski definition) is 1. The molecule has 0 aliphatic carbocycles. The van der Waals surface area contributed by atoms with Crippen LogP contribution in [0.4, 0.5) is 4.79 Å². The molecule has 1 amide bonds. The summed E-state index contributed by atoms with van der Waals surface area (Å²) in [6.45, 7) is 0. The molecule has 1 saturated heterocycles. The Balaban J connectivity index is 2.28. The fourth-order valence-electron chi connectivity index (χ4n) is 1.03. The summed E-state index contributed by atoms with van der Waals surface area (Å²) < 4.78 is 0. The smallest absolute Gasteiger partial charge is 0.289 e. The zero-order valence-corrected chi connectivity index (χ0v) is 8.69. The average molecular weight is 222 g/mol. The Bertz CT molecular complexity index is 414. The highest BCUT2D eigenvalue weighted by molar-refractivity contribution is 8.19. The zero-order chi connectivity index (χ0) is 9.97. The molecule has 0 bridgehead atoms. The van der Waals surface area contributed by atoms with Crippen molar-refractivity contribution >= 4 is 40.3 Å². The van der Waals surface area contributed by atoms with Crippen LogP contribution in [0.5, 0.6) is 0 Å². The van der Waals surface area contributed by atoms with Crippen molar-refractivity contribution in [2.45, 2.75) is 0 Å². The quantitative estimate of drug-likeness (QED) is 0.584. The van der Waals surface area contributed by atoms with Crippen molar-refractivity contribution in [3.05, 3.63) is 35.0 Å². The average Bonchev–Trinajstić information content (AvgIpc) is 2.47. The minimum atomic E-state index is -0.115. The summed E-state index contributed by atoms with van der Waals surface area (Å²) in [5, 5.41) is 2.44. The van der Waals surface area contributed by atoms with Crippen LogP contribution in [-0.2, 0) is 0 Å². The van der Waals surface area contributed by atoms with Gasteiger partial charge in [-0.05, 0) is 35.5 Å². The third-order valence-corrected chi connectivity index (χ3v) is 2.93. The van der Waals surface area contributed by atoms with E-state index in [1.807, 2.05) is 18.2 Å². The lowest BCUT2D eigenvalue weighted by Gasteiger charge is -1.94. The molecule has 0 saturated carbocycles. The predicted octanol–water partition coefficient (Wildman–Crippen LogP) is 2.21. The Morgan fingerprint density at radius 1 is 1.43 bits per heavy atom. The van der Waals surface area contributed by atoms with E-state index in [0.717, 1.165) is 22.2 Å². The first-order valence-electron chi connectivity index (χ1n) is 3.90. The van der Waals surface area contributed by atoms with E-state index in [1.54, 1.807) is 12.4 Å². The SMILES string of the molecule is O=C1NC(=S)/C(=C\c2ccncc2)S1. The van der Waals surface area contributed by atoms with Crippen LogP contribution < -0.4 is 5.32 Å². The Kier molecular flexibility index (Phi) is 2.60. The fourth-order valence-corrected chi connectivity index (χ4v) is 2.06. The molecule has 1 aliphatic rings. The summed E-state index contributed by atoms with van der Waals surface area (Å²) in [7, 11) is 0. The van der Waals surface area contributed by atoms with Gasteiger partial charge >= 0.3 is 0 Å². The van der Waals surface area contributed by atoms with E-state index in [0.29, 0.717) is 4.99 Å². The van der Waals surface area contributed by atoms with Crippen LogP contribution in [0.1, 0.15) is 5.56 Å². The maximum atomic E-state index is 11.0. The van der Waals surface area contributed by atoms with Gasteiger partial charge < -0.3 is 5.32 Å². The number of aromatic nitrogens is 1. The standard InChI is InChI=1S/C9H6N2OS2/c12-9-11-8(13)7(14-9)5-6-1-3-10-4-2-6/h1-5H,(H,11,12,13)/b7-5+. The monoisotopic (exact) mass is 222 g/mol. The molecule has 70 valence electrons. The van der Waals surface area contributed by atoms with Crippen molar-refractivity contribution in [3.8, 4) is 0 Å². The first-order valence-corrected chi connectivity index (χ1v) is 5.13. The Hall–Kier alpha value is -1.20. The molecular formula is C9H6N2OS2. The number of thioether (sulfide) groups is 1. The molecule has 2 heterocycles. The number of amides is 1. The summed E-state index contributed by atoms with van der Waals surface area (Å²) in [6.07, 6.45) is 5.27. The molecule has 0 aromatic carbocycles. The van der Waals surface area contributed by atoms with Gasteiger partial charge in [-0.2, -0.15) is 0 Å². The molecule has 0 radical (unpaired) electrons. The number of nitrogens with one attached hydrogen (secondary N) is 1. The third kappa shape index (κ3) is 2.00.